The van der Waals surface area contributed by atoms with Gasteiger partial charge in [0.05, 0.1) is 13.2 Å². The number of rotatable bonds is 10. The molecule has 2 N–H and O–H groups in total. The Hall–Kier alpha value is -3.02. The van der Waals surface area contributed by atoms with E-state index in [4.69, 9.17) is 9.47 Å². The van der Waals surface area contributed by atoms with Crippen LogP contribution in [-0.4, -0.2) is 35.4 Å². The topological polar surface area (TPSA) is 93.1 Å². The van der Waals surface area contributed by atoms with Crippen LogP contribution in [0.25, 0.3) is 0 Å². The van der Waals surface area contributed by atoms with Crippen LogP contribution in [0.5, 0.6) is 11.5 Å². The van der Waals surface area contributed by atoms with Crippen LogP contribution in [0.15, 0.2) is 24.3 Å². The van der Waals surface area contributed by atoms with E-state index >= 15 is 0 Å². The minimum atomic E-state index is -0.294. The SMILES string of the molecule is CCOC(=O)CCc1cc(C)c(O)c(C(C)c2cc(CCC(=O)OCC)cc(C)c2O)c1. The molecule has 0 aliphatic heterocycles. The molecule has 6 nitrogen and oxygen atoms in total. The second kappa shape index (κ2) is 11.6. The first-order valence-corrected chi connectivity index (χ1v) is 11.1. The third kappa shape index (κ3) is 6.49. The van der Waals surface area contributed by atoms with Crippen LogP contribution in [0.2, 0.25) is 0 Å². The fourth-order valence-corrected chi connectivity index (χ4v) is 3.84. The lowest BCUT2D eigenvalue weighted by Gasteiger charge is -2.20. The molecule has 2 rings (SSSR count). The number of esters is 2. The first kappa shape index (κ1) is 25.2. The molecule has 0 bridgehead atoms. The molecule has 0 radical (unpaired) electrons. The van der Waals surface area contributed by atoms with E-state index in [0.717, 1.165) is 11.1 Å². The lowest BCUT2D eigenvalue weighted by molar-refractivity contribution is -0.144. The Morgan fingerprint density at radius 1 is 0.781 bits per heavy atom. The van der Waals surface area contributed by atoms with Gasteiger partial charge in [-0.15, -0.1) is 0 Å². The Kier molecular flexibility index (Phi) is 9.12. The van der Waals surface area contributed by atoms with Crippen molar-refractivity contribution in [3.8, 4) is 11.5 Å². The summed E-state index contributed by atoms with van der Waals surface area (Å²) in [5.74, 6) is -0.457. The highest BCUT2D eigenvalue weighted by molar-refractivity contribution is 5.70. The van der Waals surface area contributed by atoms with Gasteiger partial charge in [0.2, 0.25) is 0 Å². The normalized spacial score (nSPS) is 10.9. The zero-order chi connectivity index (χ0) is 23.8. The van der Waals surface area contributed by atoms with Crippen LogP contribution in [0.3, 0.4) is 0 Å². The summed E-state index contributed by atoms with van der Waals surface area (Å²) in [6.07, 6.45) is 1.54. The van der Waals surface area contributed by atoms with Gasteiger partial charge < -0.3 is 19.7 Å². The molecule has 0 saturated heterocycles. The highest BCUT2D eigenvalue weighted by atomic mass is 16.5. The number of carbonyl (C=O) groups is 2. The highest BCUT2D eigenvalue weighted by Gasteiger charge is 2.21. The average Bonchev–Trinajstić information content (AvgIpc) is 2.75. The summed E-state index contributed by atoms with van der Waals surface area (Å²) in [4.78, 5) is 23.5. The smallest absolute Gasteiger partial charge is 0.306 e. The van der Waals surface area contributed by atoms with Crippen molar-refractivity contribution in [2.75, 3.05) is 13.2 Å². The van der Waals surface area contributed by atoms with Gasteiger partial charge in [0.1, 0.15) is 11.5 Å². The van der Waals surface area contributed by atoms with Crippen molar-refractivity contribution in [3.63, 3.8) is 0 Å². The summed E-state index contributed by atoms with van der Waals surface area (Å²) >= 11 is 0. The minimum absolute atomic E-state index is 0.173. The Bertz CT molecular complexity index is 886. The summed E-state index contributed by atoms with van der Waals surface area (Å²) in [7, 11) is 0. The first-order valence-electron chi connectivity index (χ1n) is 11.1. The molecule has 2 aromatic carbocycles. The first-order chi connectivity index (χ1) is 15.2. The molecule has 0 fully saturated rings. The van der Waals surface area contributed by atoms with Crippen molar-refractivity contribution in [3.05, 3.63) is 57.6 Å². The zero-order valence-electron chi connectivity index (χ0n) is 19.7. The number of benzene rings is 2. The van der Waals surface area contributed by atoms with Crippen molar-refractivity contribution in [2.24, 2.45) is 0 Å². The van der Waals surface area contributed by atoms with Crippen molar-refractivity contribution >= 4 is 11.9 Å². The van der Waals surface area contributed by atoms with E-state index in [1.54, 1.807) is 13.8 Å². The number of hydrogen-bond acceptors (Lipinski definition) is 6. The second-order valence-electron chi connectivity index (χ2n) is 8.03. The molecule has 0 spiro atoms. The van der Waals surface area contributed by atoms with Gasteiger partial charge >= 0.3 is 11.9 Å². The zero-order valence-corrected chi connectivity index (χ0v) is 19.7. The Labute approximate surface area is 190 Å². The van der Waals surface area contributed by atoms with Gasteiger partial charge in [-0.3, -0.25) is 9.59 Å². The van der Waals surface area contributed by atoms with Crippen molar-refractivity contribution < 1.29 is 29.3 Å². The molecule has 0 aliphatic rings. The second-order valence-corrected chi connectivity index (χ2v) is 8.03. The predicted octanol–water partition coefficient (Wildman–Crippen LogP) is 4.86. The van der Waals surface area contributed by atoms with E-state index in [0.29, 0.717) is 48.3 Å². The van der Waals surface area contributed by atoms with Crippen molar-refractivity contribution in [2.45, 2.75) is 66.2 Å². The number of carbonyl (C=O) groups excluding carboxylic acids is 2. The van der Waals surface area contributed by atoms with Gasteiger partial charge in [0, 0.05) is 29.9 Å². The number of phenols is 2. The molecule has 32 heavy (non-hydrogen) atoms. The molecule has 0 atom stereocenters. The molecule has 2 aromatic rings. The lowest BCUT2D eigenvalue weighted by atomic mass is 9.86. The van der Waals surface area contributed by atoms with Gasteiger partial charge in [-0.2, -0.15) is 0 Å². The van der Waals surface area contributed by atoms with Crippen LogP contribution in [0.1, 0.15) is 72.9 Å². The van der Waals surface area contributed by atoms with Crippen LogP contribution in [-0.2, 0) is 31.9 Å². The maximum atomic E-state index is 11.7. The predicted molar refractivity (Wildman–Crippen MR) is 123 cm³/mol. The van der Waals surface area contributed by atoms with Crippen LogP contribution in [0, 0.1) is 13.8 Å². The molecular formula is C26H34O6. The van der Waals surface area contributed by atoms with E-state index in [1.807, 2.05) is 45.0 Å². The number of phenolic OH excluding ortho intramolecular Hbond substituents is 2. The molecule has 0 unspecified atom stereocenters. The molecule has 0 saturated carbocycles. The van der Waals surface area contributed by atoms with E-state index in [2.05, 4.69) is 0 Å². The largest absolute Gasteiger partial charge is 0.507 e. The lowest BCUT2D eigenvalue weighted by Crippen LogP contribution is -2.07. The fraction of sp³-hybridized carbons (Fsp3) is 0.462. The van der Waals surface area contributed by atoms with Gasteiger partial charge in [0.25, 0.3) is 0 Å². The number of hydrogen-bond donors (Lipinski definition) is 2. The number of aromatic hydroxyl groups is 2. The molecular weight excluding hydrogens is 408 g/mol. The van der Waals surface area contributed by atoms with E-state index in [9.17, 15) is 19.8 Å². The van der Waals surface area contributed by atoms with Crippen LogP contribution in [0.4, 0.5) is 0 Å². The summed E-state index contributed by atoms with van der Waals surface area (Å²) in [5, 5.41) is 21.5. The molecule has 0 heterocycles. The number of ether oxygens (including phenoxy) is 2. The minimum Gasteiger partial charge on any atom is -0.507 e. The molecule has 6 heteroatoms. The Morgan fingerprint density at radius 2 is 1.16 bits per heavy atom. The van der Waals surface area contributed by atoms with Crippen molar-refractivity contribution in [1.29, 1.82) is 0 Å². The van der Waals surface area contributed by atoms with Gasteiger partial charge in [0.15, 0.2) is 0 Å². The molecule has 0 aromatic heterocycles. The van der Waals surface area contributed by atoms with Gasteiger partial charge in [-0.05, 0) is 62.8 Å². The van der Waals surface area contributed by atoms with Crippen LogP contribution < -0.4 is 0 Å². The van der Waals surface area contributed by atoms with Crippen LogP contribution >= 0.6 is 0 Å². The van der Waals surface area contributed by atoms with Crippen molar-refractivity contribution in [1.82, 2.24) is 0 Å². The number of aryl methyl sites for hydroxylation is 4. The maximum Gasteiger partial charge on any atom is 0.306 e. The van der Waals surface area contributed by atoms with Gasteiger partial charge in [-0.1, -0.05) is 31.2 Å². The Balaban J connectivity index is 2.33. The standard InChI is InChI=1S/C26H34O6/c1-6-31-23(27)10-8-19-12-16(3)25(29)21(14-19)18(5)22-15-20(13-17(4)26(22)30)9-11-24(28)32-7-2/h12-15,18,29-30H,6-11H2,1-5H3. The molecule has 0 aliphatic carbocycles. The molecule has 174 valence electrons. The molecule has 0 amide bonds. The summed E-state index contributed by atoms with van der Waals surface area (Å²) in [5.41, 5.74) is 4.63. The summed E-state index contributed by atoms with van der Waals surface area (Å²) in [6.45, 7) is 9.81. The van der Waals surface area contributed by atoms with E-state index < -0.39 is 0 Å². The Morgan fingerprint density at radius 3 is 1.50 bits per heavy atom. The highest BCUT2D eigenvalue weighted by Crippen LogP contribution is 2.39. The summed E-state index contributed by atoms with van der Waals surface area (Å²) in [6, 6.07) is 7.50. The van der Waals surface area contributed by atoms with E-state index in [-0.39, 0.29) is 42.2 Å². The fourth-order valence-electron chi connectivity index (χ4n) is 3.84. The average molecular weight is 443 g/mol. The third-order valence-corrected chi connectivity index (χ3v) is 5.56. The third-order valence-electron chi connectivity index (χ3n) is 5.56. The van der Waals surface area contributed by atoms with E-state index in [1.165, 1.54) is 0 Å². The monoisotopic (exact) mass is 442 g/mol. The quantitative estimate of drug-likeness (QED) is 0.511. The maximum absolute atomic E-state index is 11.7. The summed E-state index contributed by atoms with van der Waals surface area (Å²) < 4.78 is 10.0. The van der Waals surface area contributed by atoms with Gasteiger partial charge in [-0.25, -0.2) is 0 Å².